The van der Waals surface area contributed by atoms with Crippen molar-refractivity contribution in [3.63, 3.8) is 0 Å². The van der Waals surface area contributed by atoms with Crippen molar-refractivity contribution in [2.24, 2.45) is 0 Å². The lowest BCUT2D eigenvalue weighted by atomic mass is 9.84. The highest BCUT2D eigenvalue weighted by molar-refractivity contribution is 5.55. The van der Waals surface area contributed by atoms with Gasteiger partial charge in [0.05, 0.1) is 12.2 Å². The van der Waals surface area contributed by atoms with Gasteiger partial charge in [-0.3, -0.25) is 0 Å². The zero-order chi connectivity index (χ0) is 14.2. The first kappa shape index (κ1) is 13.7. The topological polar surface area (TPSA) is 12.5 Å². The van der Waals surface area contributed by atoms with Crippen molar-refractivity contribution in [2.75, 3.05) is 24.6 Å². The lowest BCUT2D eigenvalue weighted by Gasteiger charge is -2.41. The monoisotopic (exact) mass is 271 g/mol. The van der Waals surface area contributed by atoms with Gasteiger partial charge < -0.3 is 9.64 Å². The highest BCUT2D eigenvalue weighted by Gasteiger charge is 2.41. The van der Waals surface area contributed by atoms with Crippen molar-refractivity contribution in [1.29, 1.82) is 0 Å². The fourth-order valence-corrected chi connectivity index (χ4v) is 3.57. The van der Waals surface area contributed by atoms with Gasteiger partial charge in [0.2, 0.25) is 0 Å². The molecule has 0 aliphatic carbocycles. The maximum absolute atomic E-state index is 6.03. The predicted molar refractivity (Wildman–Crippen MR) is 84.4 cm³/mol. The van der Waals surface area contributed by atoms with Crippen molar-refractivity contribution in [2.45, 2.75) is 44.6 Å². The number of hydrogen-bond acceptors (Lipinski definition) is 2. The standard InChI is InChI=1S/C18H25NO/c1-14(2)16-6-4-5-7-17(16)19-11-9-18(10-12-19)15(3)8-13-20-18/h4-7,14H,3,8-13H2,1-2H3. The van der Waals surface area contributed by atoms with Gasteiger partial charge in [0.25, 0.3) is 0 Å². The molecule has 0 bridgehead atoms. The largest absolute Gasteiger partial charge is 0.371 e. The highest BCUT2D eigenvalue weighted by Crippen LogP contribution is 2.41. The summed E-state index contributed by atoms with van der Waals surface area (Å²) in [6.45, 7) is 11.8. The third kappa shape index (κ3) is 2.26. The molecule has 2 nitrogen and oxygen atoms in total. The van der Waals surface area contributed by atoms with E-state index in [0.717, 1.165) is 39.0 Å². The van der Waals surface area contributed by atoms with E-state index in [1.165, 1.54) is 16.8 Å². The van der Waals surface area contributed by atoms with Crippen molar-refractivity contribution in [1.82, 2.24) is 0 Å². The minimum Gasteiger partial charge on any atom is -0.371 e. The van der Waals surface area contributed by atoms with Crippen LogP contribution in [0.3, 0.4) is 0 Å². The van der Waals surface area contributed by atoms with E-state index in [2.05, 4.69) is 49.6 Å². The number of nitrogens with zero attached hydrogens (tertiary/aromatic N) is 1. The molecule has 0 saturated carbocycles. The Hall–Kier alpha value is -1.28. The normalized spacial score (nSPS) is 21.9. The van der Waals surface area contributed by atoms with Crippen LogP contribution < -0.4 is 4.90 Å². The van der Waals surface area contributed by atoms with Crippen LogP contribution in [0.4, 0.5) is 5.69 Å². The summed E-state index contributed by atoms with van der Waals surface area (Å²) in [7, 11) is 0. The molecule has 3 rings (SSSR count). The van der Waals surface area contributed by atoms with Crippen molar-refractivity contribution in [3.05, 3.63) is 42.0 Å². The Morgan fingerprint density at radius 1 is 1.20 bits per heavy atom. The Bertz CT molecular complexity index is 498. The highest BCUT2D eigenvalue weighted by atomic mass is 16.5. The number of para-hydroxylation sites is 1. The van der Waals surface area contributed by atoms with E-state index in [0.29, 0.717) is 5.92 Å². The third-order valence-corrected chi connectivity index (χ3v) is 4.90. The van der Waals surface area contributed by atoms with E-state index in [4.69, 9.17) is 4.74 Å². The number of rotatable bonds is 2. The molecule has 1 aromatic carbocycles. The predicted octanol–water partition coefficient (Wildman–Crippen LogP) is 4.13. The van der Waals surface area contributed by atoms with Crippen LogP contribution in [0.5, 0.6) is 0 Å². The summed E-state index contributed by atoms with van der Waals surface area (Å²) in [5.41, 5.74) is 4.16. The van der Waals surface area contributed by atoms with Gasteiger partial charge in [0.15, 0.2) is 0 Å². The van der Waals surface area contributed by atoms with Gasteiger partial charge in [-0.15, -0.1) is 0 Å². The van der Waals surface area contributed by atoms with E-state index in [1.807, 2.05) is 0 Å². The molecule has 0 unspecified atom stereocenters. The van der Waals surface area contributed by atoms with Gasteiger partial charge in [-0.25, -0.2) is 0 Å². The van der Waals surface area contributed by atoms with Crippen LogP contribution >= 0.6 is 0 Å². The smallest absolute Gasteiger partial charge is 0.0923 e. The Morgan fingerprint density at radius 3 is 2.50 bits per heavy atom. The molecule has 2 aliphatic heterocycles. The first-order valence-electron chi connectivity index (χ1n) is 7.78. The number of anilines is 1. The molecule has 2 saturated heterocycles. The molecule has 0 N–H and O–H groups in total. The average molecular weight is 271 g/mol. The lowest BCUT2D eigenvalue weighted by molar-refractivity contribution is 0.00589. The summed E-state index contributed by atoms with van der Waals surface area (Å²) in [4.78, 5) is 2.52. The molecular formula is C18H25NO. The van der Waals surface area contributed by atoms with Crippen LogP contribution in [0.15, 0.2) is 36.4 Å². The van der Waals surface area contributed by atoms with Crippen LogP contribution in [-0.4, -0.2) is 25.3 Å². The van der Waals surface area contributed by atoms with E-state index in [1.54, 1.807) is 0 Å². The molecule has 0 amide bonds. The zero-order valence-electron chi connectivity index (χ0n) is 12.7. The summed E-state index contributed by atoms with van der Waals surface area (Å²) in [6, 6.07) is 8.82. The van der Waals surface area contributed by atoms with E-state index >= 15 is 0 Å². The summed E-state index contributed by atoms with van der Waals surface area (Å²) < 4.78 is 6.03. The molecule has 0 radical (unpaired) electrons. The minimum absolute atomic E-state index is 0.0106. The molecule has 2 aliphatic rings. The number of piperidine rings is 1. The van der Waals surface area contributed by atoms with Crippen LogP contribution in [0.1, 0.15) is 44.6 Å². The zero-order valence-corrected chi connectivity index (χ0v) is 12.7. The van der Waals surface area contributed by atoms with E-state index in [9.17, 15) is 0 Å². The summed E-state index contributed by atoms with van der Waals surface area (Å²) in [5.74, 6) is 0.569. The second-order valence-electron chi connectivity index (χ2n) is 6.40. The molecular weight excluding hydrogens is 246 g/mol. The molecule has 108 valence electrons. The average Bonchev–Trinajstić information content (AvgIpc) is 2.81. The van der Waals surface area contributed by atoms with Crippen LogP contribution in [0.25, 0.3) is 0 Å². The minimum atomic E-state index is -0.0106. The first-order chi connectivity index (χ1) is 9.62. The molecule has 2 heterocycles. The molecule has 2 heteroatoms. The van der Waals surface area contributed by atoms with Gasteiger partial charge in [-0.05, 0) is 42.4 Å². The quantitative estimate of drug-likeness (QED) is 0.750. The van der Waals surface area contributed by atoms with E-state index < -0.39 is 0 Å². The maximum atomic E-state index is 6.03. The number of benzene rings is 1. The third-order valence-electron chi connectivity index (χ3n) is 4.90. The second kappa shape index (κ2) is 5.25. The van der Waals surface area contributed by atoms with Gasteiger partial charge >= 0.3 is 0 Å². The summed E-state index contributed by atoms with van der Waals surface area (Å²) in [6.07, 6.45) is 3.21. The molecule has 1 aromatic rings. The SMILES string of the molecule is C=C1CCOC12CCN(c1ccccc1C(C)C)CC2. The van der Waals surface area contributed by atoms with Crippen molar-refractivity contribution < 1.29 is 4.74 Å². The Balaban J connectivity index is 1.77. The maximum Gasteiger partial charge on any atom is 0.0923 e. The second-order valence-corrected chi connectivity index (χ2v) is 6.40. The van der Waals surface area contributed by atoms with Crippen LogP contribution in [0, 0.1) is 0 Å². The summed E-state index contributed by atoms with van der Waals surface area (Å²) in [5, 5.41) is 0. The van der Waals surface area contributed by atoms with Gasteiger partial charge in [0, 0.05) is 18.8 Å². The first-order valence-corrected chi connectivity index (χ1v) is 7.78. The molecule has 0 aromatic heterocycles. The van der Waals surface area contributed by atoms with Gasteiger partial charge in [-0.2, -0.15) is 0 Å². The molecule has 0 atom stereocenters. The van der Waals surface area contributed by atoms with Gasteiger partial charge in [0.1, 0.15) is 0 Å². The lowest BCUT2D eigenvalue weighted by Crippen LogP contribution is -2.45. The Labute approximate surface area is 122 Å². The Kier molecular flexibility index (Phi) is 3.59. The number of hydrogen-bond donors (Lipinski definition) is 0. The molecule has 1 spiro atoms. The fourth-order valence-electron chi connectivity index (χ4n) is 3.57. The van der Waals surface area contributed by atoms with E-state index in [-0.39, 0.29) is 5.60 Å². The Morgan fingerprint density at radius 2 is 1.90 bits per heavy atom. The molecule has 2 fully saturated rings. The summed E-state index contributed by atoms with van der Waals surface area (Å²) >= 11 is 0. The fraction of sp³-hybridized carbons (Fsp3) is 0.556. The van der Waals surface area contributed by atoms with Crippen molar-refractivity contribution in [3.8, 4) is 0 Å². The van der Waals surface area contributed by atoms with Crippen LogP contribution in [0.2, 0.25) is 0 Å². The van der Waals surface area contributed by atoms with Crippen LogP contribution in [-0.2, 0) is 4.74 Å². The van der Waals surface area contributed by atoms with Crippen molar-refractivity contribution >= 4 is 5.69 Å². The number of ether oxygens (including phenoxy) is 1. The van der Waals surface area contributed by atoms with Gasteiger partial charge in [-0.1, -0.05) is 38.6 Å². The molecule has 20 heavy (non-hydrogen) atoms.